The smallest absolute Gasteiger partial charge is 0.161 e. The van der Waals surface area contributed by atoms with Gasteiger partial charge in [0.2, 0.25) is 0 Å². The molecule has 27 heavy (non-hydrogen) atoms. The molecule has 3 heterocycles. The summed E-state index contributed by atoms with van der Waals surface area (Å²) in [6.45, 7) is 4.96. The van der Waals surface area contributed by atoms with Crippen LogP contribution in [0.5, 0.6) is 0 Å². The van der Waals surface area contributed by atoms with Crippen LogP contribution < -0.4 is 5.32 Å². The van der Waals surface area contributed by atoms with E-state index in [1.165, 1.54) is 0 Å². The first-order valence-corrected chi connectivity index (χ1v) is 9.20. The number of nitrogens with one attached hydrogen (secondary N) is 1. The van der Waals surface area contributed by atoms with Crippen molar-refractivity contribution in [3.05, 3.63) is 65.1 Å². The molecule has 3 atom stereocenters. The molecule has 0 bridgehead atoms. The van der Waals surface area contributed by atoms with Crippen LogP contribution in [0, 0.1) is 13.8 Å². The summed E-state index contributed by atoms with van der Waals surface area (Å²) in [7, 11) is 1.64. The lowest BCUT2D eigenvalue weighted by Gasteiger charge is -2.38. The van der Waals surface area contributed by atoms with Crippen LogP contribution in [0.1, 0.15) is 34.7 Å². The lowest BCUT2D eigenvalue weighted by molar-refractivity contribution is -0.0633. The molecular formula is C21H25N3O3. The van der Waals surface area contributed by atoms with Crippen molar-refractivity contribution in [2.24, 2.45) is 0 Å². The monoisotopic (exact) mass is 367 g/mol. The zero-order chi connectivity index (χ0) is 19.0. The van der Waals surface area contributed by atoms with Crippen LogP contribution in [0.4, 0.5) is 5.69 Å². The minimum absolute atomic E-state index is 0.283. The first kappa shape index (κ1) is 18.0. The van der Waals surface area contributed by atoms with Gasteiger partial charge in [-0.05, 0) is 25.5 Å². The van der Waals surface area contributed by atoms with Crippen molar-refractivity contribution >= 4 is 11.3 Å². The van der Waals surface area contributed by atoms with Crippen LogP contribution in [0.15, 0.2) is 42.6 Å². The van der Waals surface area contributed by atoms with Gasteiger partial charge < -0.3 is 24.3 Å². The van der Waals surface area contributed by atoms with E-state index in [1.54, 1.807) is 7.11 Å². The standard InChI is InChI=1S/C21H25N3O3/c1-13-14(2)24-10-9-16-18(21(24)22-13)23-17(15-7-5-4-6-8-15)19(25)20(16)27-12-11-26-3/h4-10,17,19-20,23,25H,11-12H2,1-3H3/t17-,19-,20-/m1/s1. The molecule has 1 aromatic carbocycles. The molecule has 1 aliphatic heterocycles. The number of methoxy groups -OCH3 is 1. The second kappa shape index (κ2) is 7.31. The largest absolute Gasteiger partial charge is 0.388 e. The Morgan fingerprint density at radius 3 is 2.67 bits per heavy atom. The Kier molecular flexibility index (Phi) is 4.86. The molecular weight excluding hydrogens is 342 g/mol. The van der Waals surface area contributed by atoms with Gasteiger partial charge in [0.1, 0.15) is 12.2 Å². The molecule has 0 saturated heterocycles. The Bertz CT molecular complexity index is 939. The average molecular weight is 367 g/mol. The highest BCUT2D eigenvalue weighted by Crippen LogP contribution is 2.43. The summed E-state index contributed by atoms with van der Waals surface area (Å²) in [4.78, 5) is 4.75. The van der Waals surface area contributed by atoms with Gasteiger partial charge in [0.25, 0.3) is 0 Å². The fourth-order valence-electron chi connectivity index (χ4n) is 3.73. The number of fused-ring (bicyclic) bond motifs is 3. The Morgan fingerprint density at radius 1 is 1.15 bits per heavy atom. The summed E-state index contributed by atoms with van der Waals surface area (Å²) < 4.78 is 13.2. The zero-order valence-corrected chi connectivity index (χ0v) is 15.8. The Labute approximate surface area is 158 Å². The van der Waals surface area contributed by atoms with E-state index in [0.29, 0.717) is 13.2 Å². The molecule has 1 aliphatic rings. The summed E-state index contributed by atoms with van der Waals surface area (Å²) in [6, 6.07) is 11.7. The summed E-state index contributed by atoms with van der Waals surface area (Å²) in [5, 5.41) is 14.6. The second-order valence-corrected chi connectivity index (χ2v) is 6.93. The number of hydrogen-bond donors (Lipinski definition) is 2. The maximum atomic E-state index is 11.1. The number of nitrogens with zero attached hydrogens (tertiary/aromatic N) is 2. The fraction of sp³-hybridized carbons (Fsp3) is 0.381. The van der Waals surface area contributed by atoms with Gasteiger partial charge in [-0.3, -0.25) is 0 Å². The van der Waals surface area contributed by atoms with Gasteiger partial charge in [0, 0.05) is 24.6 Å². The Balaban J connectivity index is 1.82. The molecule has 0 spiro atoms. The number of aliphatic hydroxyl groups is 1. The third kappa shape index (κ3) is 3.10. The molecule has 0 fully saturated rings. The van der Waals surface area contributed by atoms with Gasteiger partial charge in [0.05, 0.1) is 30.6 Å². The predicted octanol–water partition coefficient (Wildman–Crippen LogP) is 3.18. The molecule has 142 valence electrons. The van der Waals surface area contributed by atoms with E-state index < -0.39 is 12.2 Å². The quantitative estimate of drug-likeness (QED) is 0.678. The summed E-state index contributed by atoms with van der Waals surface area (Å²) in [6.07, 6.45) is 0.813. The maximum absolute atomic E-state index is 11.1. The lowest BCUT2D eigenvalue weighted by atomic mass is 9.89. The van der Waals surface area contributed by atoms with Crippen molar-refractivity contribution in [1.29, 1.82) is 0 Å². The Hall–Kier alpha value is -2.41. The van der Waals surface area contributed by atoms with E-state index in [0.717, 1.165) is 33.8 Å². The van der Waals surface area contributed by atoms with Gasteiger partial charge in [-0.2, -0.15) is 0 Å². The van der Waals surface area contributed by atoms with Gasteiger partial charge >= 0.3 is 0 Å². The van der Waals surface area contributed by atoms with Gasteiger partial charge in [-0.1, -0.05) is 30.3 Å². The van der Waals surface area contributed by atoms with Crippen LogP contribution in [-0.2, 0) is 9.47 Å². The number of anilines is 1. The van der Waals surface area contributed by atoms with Crippen LogP contribution in [0.3, 0.4) is 0 Å². The molecule has 4 rings (SSSR count). The number of aromatic nitrogens is 2. The molecule has 0 saturated carbocycles. The van der Waals surface area contributed by atoms with Crippen molar-refractivity contribution in [3.8, 4) is 0 Å². The second-order valence-electron chi connectivity index (χ2n) is 6.93. The molecule has 6 heteroatoms. The van der Waals surface area contributed by atoms with E-state index in [9.17, 15) is 5.11 Å². The van der Waals surface area contributed by atoms with E-state index in [-0.39, 0.29) is 6.04 Å². The molecule has 2 N–H and O–H groups in total. The van der Waals surface area contributed by atoms with Gasteiger partial charge in [0.15, 0.2) is 5.65 Å². The summed E-state index contributed by atoms with van der Waals surface area (Å²) >= 11 is 0. The van der Waals surface area contributed by atoms with Crippen molar-refractivity contribution in [2.45, 2.75) is 32.1 Å². The molecule has 0 radical (unpaired) electrons. The normalized spacial score (nSPS) is 21.9. The molecule has 6 nitrogen and oxygen atoms in total. The van der Waals surface area contributed by atoms with Gasteiger partial charge in [-0.15, -0.1) is 0 Å². The minimum Gasteiger partial charge on any atom is -0.388 e. The fourth-order valence-corrected chi connectivity index (χ4v) is 3.73. The molecule has 0 unspecified atom stereocenters. The number of rotatable bonds is 5. The number of pyridine rings is 1. The first-order chi connectivity index (χ1) is 13.1. The molecule has 0 aliphatic carbocycles. The van der Waals surface area contributed by atoms with Crippen molar-refractivity contribution in [1.82, 2.24) is 9.38 Å². The van der Waals surface area contributed by atoms with Crippen molar-refractivity contribution < 1.29 is 14.6 Å². The average Bonchev–Trinajstić information content (AvgIpc) is 2.98. The molecule has 2 aromatic heterocycles. The van der Waals surface area contributed by atoms with Crippen molar-refractivity contribution in [3.63, 3.8) is 0 Å². The third-order valence-electron chi connectivity index (χ3n) is 5.30. The number of imidazole rings is 1. The SMILES string of the molecule is COCCO[C@@H]1c2ccn3c(C)c(C)nc3c2N[C@H](c2ccccc2)[C@H]1O. The number of aryl methyl sites for hydroxylation is 2. The number of aliphatic hydroxyl groups excluding tert-OH is 1. The van der Waals surface area contributed by atoms with Gasteiger partial charge in [-0.25, -0.2) is 4.98 Å². The van der Waals surface area contributed by atoms with E-state index in [1.807, 2.05) is 49.5 Å². The van der Waals surface area contributed by atoms with E-state index in [2.05, 4.69) is 16.6 Å². The maximum Gasteiger partial charge on any atom is 0.161 e. The minimum atomic E-state index is -0.726. The van der Waals surface area contributed by atoms with Crippen LogP contribution >= 0.6 is 0 Å². The highest BCUT2D eigenvalue weighted by atomic mass is 16.5. The van der Waals surface area contributed by atoms with E-state index in [4.69, 9.17) is 14.5 Å². The molecule has 0 amide bonds. The summed E-state index contributed by atoms with van der Waals surface area (Å²) in [5.41, 5.74) is 5.80. The zero-order valence-electron chi connectivity index (χ0n) is 15.8. The Morgan fingerprint density at radius 2 is 1.93 bits per heavy atom. The number of hydrogen-bond acceptors (Lipinski definition) is 5. The first-order valence-electron chi connectivity index (χ1n) is 9.20. The topological polar surface area (TPSA) is 68.0 Å². The third-order valence-corrected chi connectivity index (χ3v) is 5.30. The number of benzene rings is 1. The van der Waals surface area contributed by atoms with Crippen molar-refractivity contribution in [2.75, 3.05) is 25.6 Å². The molecule has 3 aromatic rings. The van der Waals surface area contributed by atoms with Crippen LogP contribution in [0.25, 0.3) is 5.65 Å². The lowest BCUT2D eigenvalue weighted by Crippen LogP contribution is -2.38. The van der Waals surface area contributed by atoms with E-state index >= 15 is 0 Å². The predicted molar refractivity (Wildman–Crippen MR) is 104 cm³/mol. The summed E-state index contributed by atoms with van der Waals surface area (Å²) in [5.74, 6) is 0. The highest BCUT2D eigenvalue weighted by molar-refractivity contribution is 5.75. The highest BCUT2D eigenvalue weighted by Gasteiger charge is 2.38. The number of ether oxygens (including phenoxy) is 2. The van der Waals surface area contributed by atoms with Crippen LogP contribution in [-0.4, -0.2) is 40.9 Å². The van der Waals surface area contributed by atoms with Crippen LogP contribution in [0.2, 0.25) is 0 Å².